The van der Waals surface area contributed by atoms with Crippen molar-refractivity contribution in [2.75, 3.05) is 0 Å². The van der Waals surface area contributed by atoms with Gasteiger partial charge in [-0.3, -0.25) is 0 Å². The Morgan fingerprint density at radius 1 is 0.352 bits per heavy atom. The number of thiophene rings is 8. The lowest BCUT2D eigenvalue weighted by atomic mass is 10.1. The molecule has 8 heteroatoms. The summed E-state index contributed by atoms with van der Waals surface area (Å²) in [6, 6.07) is 33.0. The fourth-order valence-corrected chi connectivity index (χ4v) is 15.7. The third-order valence-corrected chi connectivity index (χ3v) is 19.6. The maximum atomic E-state index is 2.49. The first kappa shape index (κ1) is 38.5. The van der Waals surface area contributed by atoms with Crippen molar-refractivity contribution in [1.29, 1.82) is 0 Å². The lowest BCUT2D eigenvalue weighted by molar-refractivity contribution is 0.670. The van der Waals surface area contributed by atoms with Crippen molar-refractivity contribution in [2.45, 2.75) is 91.9 Å². The Hall–Kier alpha value is -2.40. The summed E-state index contributed by atoms with van der Waals surface area (Å²) in [7, 11) is 0. The molecule has 0 saturated heterocycles. The molecule has 8 aromatic rings. The largest absolute Gasteiger partial charge is 0.140 e. The van der Waals surface area contributed by atoms with E-state index in [2.05, 4.69) is 113 Å². The van der Waals surface area contributed by atoms with Gasteiger partial charge in [0, 0.05) is 84.3 Å². The second-order valence-corrected chi connectivity index (χ2v) is 23.2. The van der Waals surface area contributed by atoms with E-state index in [0.29, 0.717) is 0 Å². The van der Waals surface area contributed by atoms with Crippen LogP contribution in [0.25, 0.3) is 69.7 Å². The molecule has 0 aromatic carbocycles. The van der Waals surface area contributed by atoms with Crippen LogP contribution in [0.4, 0.5) is 0 Å². The highest BCUT2D eigenvalue weighted by Gasteiger charge is 2.21. The molecule has 278 valence electrons. The molecule has 0 unspecified atom stereocenters. The molecular weight excluding hydrogens is 809 g/mol. The van der Waals surface area contributed by atoms with E-state index in [1.165, 1.54) is 153 Å². The maximum absolute atomic E-state index is 2.49. The van der Waals surface area contributed by atoms with Crippen molar-refractivity contribution in [3.05, 3.63) is 104 Å². The molecule has 0 fully saturated rings. The Kier molecular flexibility index (Phi) is 12.7. The van der Waals surface area contributed by atoms with Gasteiger partial charge in [0.2, 0.25) is 0 Å². The molecule has 0 aliphatic heterocycles. The van der Waals surface area contributed by atoms with Crippen molar-refractivity contribution in [3.8, 4) is 69.7 Å². The molecule has 8 rings (SSSR count). The summed E-state index contributed by atoms with van der Waals surface area (Å²) in [5.74, 6) is 0. The van der Waals surface area contributed by atoms with Crippen LogP contribution >= 0.6 is 90.7 Å². The van der Waals surface area contributed by atoms with Crippen LogP contribution in [0, 0.1) is 13.8 Å². The Bertz CT molecular complexity index is 2420. The zero-order chi connectivity index (χ0) is 37.0. The van der Waals surface area contributed by atoms with Crippen LogP contribution in [0.1, 0.15) is 84.7 Å². The summed E-state index contributed by atoms with van der Waals surface area (Å²) in [6.07, 6.45) is 13.0. The van der Waals surface area contributed by atoms with Gasteiger partial charge < -0.3 is 0 Å². The van der Waals surface area contributed by atoms with Crippen molar-refractivity contribution in [1.82, 2.24) is 0 Å². The molecule has 0 radical (unpaired) electrons. The van der Waals surface area contributed by atoms with Crippen LogP contribution in [0.5, 0.6) is 0 Å². The van der Waals surface area contributed by atoms with Crippen molar-refractivity contribution in [3.63, 3.8) is 0 Å². The van der Waals surface area contributed by atoms with Gasteiger partial charge in [0.25, 0.3) is 0 Å². The predicted octanol–water partition coefficient (Wildman–Crippen LogP) is 18.7. The van der Waals surface area contributed by atoms with Gasteiger partial charge in [-0.25, -0.2) is 0 Å². The fraction of sp³-hybridized carbons (Fsp3) is 0.304. The summed E-state index contributed by atoms with van der Waals surface area (Å²) >= 11 is 15.6. The SMILES string of the molecule is CCCCCCc1ccc(-c2ccc(-c3cc(-c4cc(-c5ccc(-c6ccc(CCCCCC)s6)s5)c(-c5ccc(-c6ccc(C)s6)s5)s4)sc3C)s2)s1. The molecule has 8 heterocycles. The van der Waals surface area contributed by atoms with Crippen LogP contribution in [0.3, 0.4) is 0 Å². The van der Waals surface area contributed by atoms with E-state index in [0.717, 1.165) is 0 Å². The van der Waals surface area contributed by atoms with Gasteiger partial charge in [-0.2, -0.15) is 0 Å². The second-order valence-electron chi connectivity index (χ2n) is 14.0. The number of rotatable bonds is 17. The summed E-state index contributed by atoms with van der Waals surface area (Å²) in [4.78, 5) is 22.3. The molecule has 0 amide bonds. The Labute approximate surface area is 353 Å². The molecule has 8 aromatic heterocycles. The molecule has 0 N–H and O–H groups in total. The Morgan fingerprint density at radius 3 is 1.37 bits per heavy atom. The molecule has 54 heavy (non-hydrogen) atoms. The summed E-state index contributed by atoms with van der Waals surface area (Å²) < 4.78 is 0. The zero-order valence-electron chi connectivity index (χ0n) is 31.4. The molecule has 0 saturated carbocycles. The Balaban J connectivity index is 1.08. The van der Waals surface area contributed by atoms with Gasteiger partial charge in [0.05, 0.1) is 4.88 Å². The highest BCUT2D eigenvalue weighted by atomic mass is 32.1. The summed E-state index contributed by atoms with van der Waals surface area (Å²) in [5, 5.41) is 0. The maximum Gasteiger partial charge on any atom is 0.0536 e. The highest BCUT2D eigenvalue weighted by Crippen LogP contribution is 2.52. The third kappa shape index (κ3) is 8.77. The highest BCUT2D eigenvalue weighted by molar-refractivity contribution is 7.30. The number of hydrogen-bond donors (Lipinski definition) is 0. The topological polar surface area (TPSA) is 0 Å². The van der Waals surface area contributed by atoms with Gasteiger partial charge in [-0.15, -0.1) is 90.7 Å². The molecule has 0 aliphatic rings. The van der Waals surface area contributed by atoms with Gasteiger partial charge in [0.1, 0.15) is 0 Å². The van der Waals surface area contributed by atoms with Gasteiger partial charge in [0.15, 0.2) is 0 Å². The fourth-order valence-electron chi connectivity index (χ4n) is 6.86. The van der Waals surface area contributed by atoms with E-state index < -0.39 is 0 Å². The van der Waals surface area contributed by atoms with Crippen molar-refractivity contribution in [2.24, 2.45) is 0 Å². The first-order valence-electron chi connectivity index (χ1n) is 19.3. The monoisotopic (exact) mass is 854 g/mol. The molecule has 0 nitrogen and oxygen atoms in total. The van der Waals surface area contributed by atoms with Crippen LogP contribution in [0.15, 0.2) is 84.9 Å². The van der Waals surface area contributed by atoms with Crippen LogP contribution in [0.2, 0.25) is 0 Å². The lowest BCUT2D eigenvalue weighted by Crippen LogP contribution is -1.80. The van der Waals surface area contributed by atoms with E-state index >= 15 is 0 Å². The molecule has 0 atom stereocenters. The number of aryl methyl sites for hydroxylation is 4. The average molecular weight is 855 g/mol. The number of hydrogen-bond acceptors (Lipinski definition) is 8. The summed E-state index contributed by atoms with van der Waals surface area (Å²) in [6.45, 7) is 9.08. The first-order chi connectivity index (χ1) is 26.4. The Morgan fingerprint density at radius 2 is 0.796 bits per heavy atom. The van der Waals surface area contributed by atoms with Gasteiger partial charge in [-0.1, -0.05) is 52.4 Å². The normalized spacial score (nSPS) is 11.7. The second kappa shape index (κ2) is 17.8. The summed E-state index contributed by atoms with van der Waals surface area (Å²) in [5.41, 5.74) is 2.75. The molecule has 0 spiro atoms. The average Bonchev–Trinajstić information content (AvgIpc) is 4.00. The lowest BCUT2D eigenvalue weighted by Gasteiger charge is -1.99. The van der Waals surface area contributed by atoms with E-state index in [4.69, 9.17) is 0 Å². The number of unbranched alkanes of at least 4 members (excludes halogenated alkanes) is 6. The van der Waals surface area contributed by atoms with Crippen molar-refractivity contribution >= 4 is 90.7 Å². The van der Waals surface area contributed by atoms with E-state index in [1.807, 2.05) is 90.7 Å². The third-order valence-electron chi connectivity index (χ3n) is 9.81. The standard InChI is InChI=1S/C46H46S8/c1-5-7-9-11-13-31-16-19-38(49-31)41-23-21-35(51-41)33-27-44(48-30(33)4)45-28-34(46(54-45)43-26-25-40(53-43)37-18-15-29(3)47-37)36-22-24-42(52-36)39-20-17-32(50-39)14-12-10-8-6-2/h15-28H,5-14H2,1-4H3. The quantitative estimate of drug-likeness (QED) is 0.0801. The van der Waals surface area contributed by atoms with E-state index in [-0.39, 0.29) is 0 Å². The molecule has 0 aliphatic carbocycles. The van der Waals surface area contributed by atoms with Gasteiger partial charge in [-0.05, 0) is 124 Å². The first-order valence-corrected chi connectivity index (χ1v) is 25.8. The van der Waals surface area contributed by atoms with Crippen LogP contribution < -0.4 is 0 Å². The van der Waals surface area contributed by atoms with Crippen molar-refractivity contribution < 1.29 is 0 Å². The minimum absolute atomic E-state index is 1.20. The van der Waals surface area contributed by atoms with Crippen LogP contribution in [-0.2, 0) is 12.8 Å². The smallest absolute Gasteiger partial charge is 0.0536 e. The minimum Gasteiger partial charge on any atom is -0.140 e. The van der Waals surface area contributed by atoms with Gasteiger partial charge >= 0.3 is 0 Å². The zero-order valence-corrected chi connectivity index (χ0v) is 38.0. The van der Waals surface area contributed by atoms with E-state index in [9.17, 15) is 0 Å². The molecular formula is C46H46S8. The minimum atomic E-state index is 1.20. The molecule has 0 bridgehead atoms. The van der Waals surface area contributed by atoms with E-state index in [1.54, 1.807) is 0 Å². The predicted molar refractivity (Wildman–Crippen MR) is 253 cm³/mol. The van der Waals surface area contributed by atoms with Crippen LogP contribution in [-0.4, -0.2) is 0 Å².